The summed E-state index contributed by atoms with van der Waals surface area (Å²) >= 11 is 3.23. The van der Waals surface area contributed by atoms with E-state index in [4.69, 9.17) is 55.7 Å². The third-order valence-corrected chi connectivity index (χ3v) is 21.1. The van der Waals surface area contributed by atoms with Crippen LogP contribution in [0.25, 0.3) is 9.69 Å². The molecule has 30 nitrogen and oxygen atoms in total. The number of carbonyl (C=O) groups is 6. The molecule has 0 saturated heterocycles. The largest absolute Gasteiger partial charge is 0.497 e. The van der Waals surface area contributed by atoms with Crippen LogP contribution in [0.2, 0.25) is 78.6 Å². The Kier molecular flexibility index (Phi) is 39.3. The lowest BCUT2D eigenvalue weighted by Crippen LogP contribution is -2.19. The molecule has 0 unspecified atom stereocenters. The monoisotopic (exact) mass is 1930 g/mol. The normalized spacial score (nSPS) is 10.2. The molecule has 12 rings (SSSR count). The number of nitrogens with two attached hydrogens (primary N) is 3. The highest BCUT2D eigenvalue weighted by Crippen LogP contribution is 2.30. The zero-order valence-electron chi connectivity index (χ0n) is 77.1. The van der Waals surface area contributed by atoms with E-state index in [9.17, 15) is 38.9 Å². The Morgan fingerprint density at radius 3 is 0.956 bits per heavy atom. The topological polar surface area (TPSA) is 419 Å². The van der Waals surface area contributed by atoms with Gasteiger partial charge in [0.05, 0.1) is 74.6 Å². The molecule has 684 valence electrons. The highest BCUT2D eigenvalue weighted by Gasteiger charge is 2.24. The van der Waals surface area contributed by atoms with Crippen molar-refractivity contribution in [1.29, 1.82) is 0 Å². The number of pyridine rings is 6. The van der Waals surface area contributed by atoms with Gasteiger partial charge in [-0.25, -0.2) is 39.6 Å². The first-order valence-electron chi connectivity index (χ1n) is 40.9. The van der Waals surface area contributed by atoms with Gasteiger partial charge >= 0.3 is 0 Å². The Morgan fingerprint density at radius 1 is 0.370 bits per heavy atom. The maximum Gasteiger partial charge on any atom is 0.282 e. The smallest absolute Gasteiger partial charge is 0.282 e. The van der Waals surface area contributed by atoms with Gasteiger partial charge in [-0.1, -0.05) is 157 Å². The summed E-state index contributed by atoms with van der Waals surface area (Å²) in [6.45, 7) is 40.1. The Morgan fingerprint density at radius 2 is 0.667 bits per heavy atom. The second-order valence-electron chi connectivity index (χ2n) is 32.7. The fourth-order valence-electron chi connectivity index (χ4n) is 10.3. The number of nitro benzene ring substituents is 1. The van der Waals surface area contributed by atoms with Crippen LogP contribution in [0.15, 0.2) is 236 Å². The molecular weight excluding hydrogens is 1840 g/mol. The number of amides is 6. The minimum Gasteiger partial charge on any atom is -0.497 e. The maximum absolute atomic E-state index is 13.0. The van der Waals surface area contributed by atoms with Crippen molar-refractivity contribution in [2.45, 2.75) is 78.6 Å². The minimum atomic E-state index is -1.50. The van der Waals surface area contributed by atoms with Crippen LogP contribution in [-0.4, -0.2) is 131 Å². The van der Waals surface area contributed by atoms with E-state index in [0.29, 0.717) is 103 Å². The number of methoxy groups -OCH3 is 4. The summed E-state index contributed by atoms with van der Waals surface area (Å²) < 4.78 is 21.5. The molecular formula is C100H99BrN18O12Si4. The summed E-state index contributed by atoms with van der Waals surface area (Å²) in [5, 5.41) is 27.3. The first kappa shape index (κ1) is 105. The Bertz CT molecular complexity index is 6630. The number of anilines is 9. The number of nitrogen functional groups attached to an aromatic ring is 3. The van der Waals surface area contributed by atoms with Gasteiger partial charge in [0.25, 0.3) is 41.1 Å². The molecule has 0 radical (unpaired) electrons. The molecule has 135 heavy (non-hydrogen) atoms. The molecule has 12 N–H and O–H groups in total. The number of carbonyl (C=O) groups excluding carboxylic acids is 6. The molecule has 0 bridgehead atoms. The number of halogens is 1. The molecule has 6 aromatic heterocycles. The van der Waals surface area contributed by atoms with Crippen molar-refractivity contribution in [3.8, 4) is 81.2 Å². The van der Waals surface area contributed by atoms with E-state index in [2.05, 4.69) is 218 Å². The maximum atomic E-state index is 13.0. The number of aromatic nitrogens is 6. The summed E-state index contributed by atoms with van der Waals surface area (Å²) in [5.74, 6) is 16.5. The quantitative estimate of drug-likeness (QED) is 0.0102. The zero-order valence-corrected chi connectivity index (χ0v) is 82.6. The SMILES string of the molecule is COc1ccc(N)c(C(=O)Nc2ccc(C#C[Si](C)(C)C)cn2)c1.COc1ccc([N+](=O)[O-])c(C(=O)Nc2ccc(C#C[Si](C)(C)C)cn2)c1.C[Si](C)(C)C#Cc1ccc(N)nc1.Nc1ccc(Br)cn1.[C-]#[N+]c1ccc(C(=O)Nc2ccc(OC)cc2C(=O)Nc2ccc(C#C)cn2)cc1.[C-]#[N+]c1ccc(C(=O)Nc2ccc(OC)cc2C(=O)Nc2ccc(C#C[Si](C)(C)C)cn2)cc1. The van der Waals surface area contributed by atoms with Crippen LogP contribution in [0.5, 0.6) is 23.0 Å². The molecule has 0 atom stereocenters. The second kappa shape index (κ2) is 50.4. The number of benzene rings is 6. The molecule has 0 fully saturated rings. The number of ether oxygens (including phenoxy) is 4. The van der Waals surface area contributed by atoms with E-state index in [0.717, 1.165) is 26.7 Å². The van der Waals surface area contributed by atoms with Gasteiger partial charge in [-0.3, -0.25) is 38.9 Å². The fourth-order valence-corrected chi connectivity index (χ4v) is 12.6. The molecule has 0 aliphatic rings. The van der Waals surface area contributed by atoms with Crippen molar-refractivity contribution < 1.29 is 52.6 Å². The van der Waals surface area contributed by atoms with Gasteiger partial charge in [0, 0.05) is 92.4 Å². The molecule has 6 heterocycles. The van der Waals surface area contributed by atoms with Crippen LogP contribution in [-0.2, 0) is 0 Å². The Balaban J connectivity index is 0.000000230. The summed E-state index contributed by atoms with van der Waals surface area (Å²) in [6, 6.07) is 51.8. The van der Waals surface area contributed by atoms with E-state index < -0.39 is 66.8 Å². The summed E-state index contributed by atoms with van der Waals surface area (Å²) in [5.41, 5.74) is 36.5. The van der Waals surface area contributed by atoms with E-state index in [1.165, 1.54) is 58.9 Å². The molecule has 35 heteroatoms. The lowest BCUT2D eigenvalue weighted by molar-refractivity contribution is -0.385. The van der Waals surface area contributed by atoms with E-state index in [1.54, 1.807) is 183 Å². The third kappa shape index (κ3) is 36.9. The van der Waals surface area contributed by atoms with Gasteiger partial charge in [-0.15, -0.1) is 28.6 Å². The van der Waals surface area contributed by atoms with E-state index in [1.807, 2.05) is 18.2 Å². The highest BCUT2D eigenvalue weighted by atomic mass is 79.9. The molecule has 0 spiro atoms. The van der Waals surface area contributed by atoms with Crippen LogP contribution in [0.1, 0.15) is 90.0 Å². The van der Waals surface area contributed by atoms with Gasteiger partial charge in [0.1, 0.15) is 95.8 Å². The number of hydrogen-bond donors (Lipinski definition) is 9. The summed E-state index contributed by atoms with van der Waals surface area (Å²) in [4.78, 5) is 118. The number of nitrogens with zero attached hydrogens (tertiary/aromatic N) is 9. The molecule has 6 aromatic carbocycles. The third-order valence-electron chi connectivity index (χ3n) is 17.2. The van der Waals surface area contributed by atoms with Crippen LogP contribution >= 0.6 is 15.9 Å². The second-order valence-corrected chi connectivity index (χ2v) is 52.6. The Hall–Kier alpha value is -16.8. The van der Waals surface area contributed by atoms with Gasteiger partial charge in [0.2, 0.25) is 0 Å². The standard InChI is InChI=1S/C26H24N4O3Si.C23H16N4O3.C18H19N3O4Si.C18H21N3O2Si.C10H14N2Si.C5H5BrN2/c1-27-20-9-7-19(8-10-20)25(31)29-23-12-11-21(33-2)16-22(23)26(32)30-24-13-6-18(17-28-24)14-15-34(3,4)5;1-4-15-5-12-21(25-14-15)27-23(29)19-13-18(30-3)10-11-20(19)26-22(28)16-6-8-17(24-2)9-7-16;1-25-14-6-7-16(21(23)24)15(11-14)18(22)20-17-8-5-13(12-19-17)9-10-26(2,3)4;1-23-14-6-7-16(19)15(11-14)18(22)21-17-8-5-13(12-20-17)9-10-24(2,3)4;1-13(2,3)7-6-9-4-5-10(11)12-8-9;6-4-1-2-5(7)8-3-4/h6-13,16-17H,2-5H3,(H,29,31)(H,28,30,32);1,5-14H,3H3,(H,26,28)(H,25,27,29);5-8,11-12H,1-4H3,(H,19,20,22);5-8,11-12H,19H2,1-4H3,(H,20,21,22);4-5,8H,1-3H3,(H2,11,12);1-3H,(H2,7,8). The van der Waals surface area contributed by atoms with Crippen LogP contribution < -0.4 is 68.0 Å². The van der Waals surface area contributed by atoms with Crippen LogP contribution in [0, 0.1) is 81.5 Å². The van der Waals surface area contributed by atoms with E-state index in [-0.39, 0.29) is 34.1 Å². The molecule has 0 aliphatic heterocycles. The van der Waals surface area contributed by atoms with Crippen molar-refractivity contribution >= 4 is 153 Å². The van der Waals surface area contributed by atoms with Crippen LogP contribution in [0.3, 0.4) is 0 Å². The molecule has 6 amide bonds. The lowest BCUT2D eigenvalue weighted by atomic mass is 10.1. The van der Waals surface area contributed by atoms with Gasteiger partial charge in [-0.05, 0) is 155 Å². The lowest BCUT2D eigenvalue weighted by Gasteiger charge is -2.13. The van der Waals surface area contributed by atoms with Crippen molar-refractivity contribution in [3.63, 3.8) is 0 Å². The van der Waals surface area contributed by atoms with Crippen molar-refractivity contribution in [3.05, 3.63) is 330 Å². The van der Waals surface area contributed by atoms with Crippen molar-refractivity contribution in [2.75, 3.05) is 77.5 Å². The summed E-state index contributed by atoms with van der Waals surface area (Å²) in [7, 11) is 0.252. The first-order chi connectivity index (χ1) is 63.9. The molecule has 0 saturated carbocycles. The van der Waals surface area contributed by atoms with Gasteiger partial charge < -0.3 is 68.0 Å². The number of nitrogens with one attached hydrogen (secondary N) is 6. The van der Waals surface area contributed by atoms with Crippen molar-refractivity contribution in [2.24, 2.45) is 0 Å². The predicted molar refractivity (Wildman–Crippen MR) is 547 cm³/mol. The average Bonchev–Trinajstić information content (AvgIpc) is 0.831. The molecule has 0 aliphatic carbocycles. The number of nitro groups is 1. The number of rotatable bonds is 17. The predicted octanol–water partition coefficient (Wildman–Crippen LogP) is 19.5. The zero-order chi connectivity index (χ0) is 99.2. The van der Waals surface area contributed by atoms with Gasteiger partial charge in [-0.2, -0.15) is 0 Å². The summed E-state index contributed by atoms with van der Waals surface area (Å²) in [6.07, 6.45) is 15.0. The number of terminal acetylenes is 1. The number of hydrogen-bond acceptors (Lipinski definition) is 21. The first-order valence-corrected chi connectivity index (χ1v) is 55.7. The highest BCUT2D eigenvalue weighted by molar-refractivity contribution is 9.10. The van der Waals surface area contributed by atoms with E-state index >= 15 is 0 Å². The van der Waals surface area contributed by atoms with Gasteiger partial charge in [0.15, 0.2) is 11.4 Å². The fraction of sp³-hybridized carbons (Fsp3) is 0.160. The Labute approximate surface area is 797 Å². The van der Waals surface area contributed by atoms with Crippen LogP contribution in [0.4, 0.5) is 69.0 Å². The molecule has 12 aromatic rings. The average molecular weight is 1940 g/mol. The minimum absolute atomic E-state index is 0.0984. The van der Waals surface area contributed by atoms with Crippen molar-refractivity contribution in [1.82, 2.24) is 29.9 Å².